The van der Waals surface area contributed by atoms with Gasteiger partial charge in [0.25, 0.3) is 5.91 Å². The summed E-state index contributed by atoms with van der Waals surface area (Å²) in [7, 11) is 0. The van der Waals surface area contributed by atoms with Crippen molar-refractivity contribution in [2.45, 2.75) is 77.6 Å². The van der Waals surface area contributed by atoms with Crippen LogP contribution in [0.5, 0.6) is 0 Å². The number of anilines is 1. The SMILES string of the molecule is Cc1cc(N2C(=O)[C@@H]3[C@@H]4C[C@@H](CN4C(=O)O[C@@H]4C[C@H](C)CC[C@H]4C(C)C)N3C2=O)cnc1C#N. The number of fused-ring (bicyclic) bond motifs is 5. The maximum atomic E-state index is 13.4. The number of piperazine rings is 1. The van der Waals surface area contributed by atoms with E-state index in [0.29, 0.717) is 42.0 Å². The fourth-order valence-electron chi connectivity index (χ4n) is 6.35. The summed E-state index contributed by atoms with van der Waals surface area (Å²) in [6.45, 7) is 8.65. The maximum absolute atomic E-state index is 13.4. The van der Waals surface area contributed by atoms with Gasteiger partial charge in [-0.05, 0) is 55.6 Å². The molecule has 3 saturated heterocycles. The number of imide groups is 1. The Hall–Kier alpha value is -3.15. The first-order chi connectivity index (χ1) is 16.2. The number of carbonyl (C=O) groups excluding carboxylic acids is 3. The highest BCUT2D eigenvalue weighted by atomic mass is 16.6. The topological polar surface area (TPSA) is 107 Å². The second kappa shape index (κ2) is 8.26. The van der Waals surface area contributed by atoms with Crippen LogP contribution in [0.4, 0.5) is 15.3 Å². The molecule has 2 bridgehead atoms. The molecule has 4 amide bonds. The van der Waals surface area contributed by atoms with E-state index in [1.54, 1.807) is 22.8 Å². The lowest BCUT2D eigenvalue weighted by molar-refractivity contribution is -0.121. The van der Waals surface area contributed by atoms with Gasteiger partial charge in [-0.25, -0.2) is 19.5 Å². The Balaban J connectivity index is 1.34. The van der Waals surface area contributed by atoms with E-state index in [4.69, 9.17) is 10.00 Å². The zero-order chi connectivity index (χ0) is 24.3. The van der Waals surface area contributed by atoms with Crippen LogP contribution in [0.15, 0.2) is 12.3 Å². The van der Waals surface area contributed by atoms with Crippen LogP contribution in [-0.4, -0.2) is 63.6 Å². The van der Waals surface area contributed by atoms with Crippen LogP contribution in [0.2, 0.25) is 0 Å². The molecule has 9 nitrogen and oxygen atoms in total. The van der Waals surface area contributed by atoms with E-state index in [9.17, 15) is 14.4 Å². The number of pyridine rings is 1. The third kappa shape index (κ3) is 3.42. The molecule has 1 saturated carbocycles. The number of amides is 4. The molecule has 9 heteroatoms. The predicted molar refractivity (Wildman–Crippen MR) is 123 cm³/mol. The standard InChI is InChI=1S/C25H31N5O4/c1-13(2)18-6-5-14(3)7-21(18)34-25(33)28-12-17-9-20(28)22-23(31)30(24(32)29(17)22)16-8-15(4)19(10-26)27-11-16/h8,11,13-14,17-18,20-22H,5-7,9,12H2,1-4H3/t14-,17+,18+,20+,21-,22+/m1/s1. The first-order valence-corrected chi connectivity index (χ1v) is 12.2. The van der Waals surface area contributed by atoms with Crippen molar-refractivity contribution < 1.29 is 19.1 Å². The fourth-order valence-corrected chi connectivity index (χ4v) is 6.35. The Kier molecular flexibility index (Phi) is 5.50. The molecule has 4 heterocycles. The molecule has 4 fully saturated rings. The van der Waals surface area contributed by atoms with Crippen LogP contribution in [-0.2, 0) is 9.53 Å². The largest absolute Gasteiger partial charge is 0.446 e. The molecule has 0 spiro atoms. The first-order valence-electron chi connectivity index (χ1n) is 12.2. The molecule has 3 aliphatic heterocycles. The molecule has 180 valence electrons. The molecule has 1 aromatic heterocycles. The lowest BCUT2D eigenvalue weighted by Gasteiger charge is -2.39. The summed E-state index contributed by atoms with van der Waals surface area (Å²) in [5, 5.41) is 9.13. The number of nitrogens with zero attached hydrogens (tertiary/aromatic N) is 5. The lowest BCUT2D eigenvalue weighted by Crippen LogP contribution is -2.55. The number of likely N-dealkylation sites (tertiary alicyclic amines) is 1. The number of rotatable bonds is 3. The van der Waals surface area contributed by atoms with Gasteiger partial charge in [-0.3, -0.25) is 4.79 Å². The number of hydrogen-bond acceptors (Lipinski definition) is 6. The number of aryl methyl sites for hydroxylation is 1. The van der Waals surface area contributed by atoms with Gasteiger partial charge in [-0.2, -0.15) is 5.26 Å². The number of nitriles is 1. The monoisotopic (exact) mass is 465 g/mol. The van der Waals surface area contributed by atoms with E-state index in [-0.39, 0.29) is 41.9 Å². The van der Waals surface area contributed by atoms with Crippen molar-refractivity contribution in [1.82, 2.24) is 14.8 Å². The predicted octanol–water partition coefficient (Wildman–Crippen LogP) is 3.45. The highest BCUT2D eigenvalue weighted by Crippen LogP contribution is 2.43. The average Bonchev–Trinajstić information content (AvgIpc) is 3.45. The lowest BCUT2D eigenvalue weighted by atomic mass is 9.75. The van der Waals surface area contributed by atoms with E-state index >= 15 is 0 Å². The highest BCUT2D eigenvalue weighted by Gasteiger charge is 2.63. The summed E-state index contributed by atoms with van der Waals surface area (Å²) in [6, 6.07) is 1.94. The second-order valence-electron chi connectivity index (χ2n) is 10.6. The number of carbonyl (C=O) groups is 3. The zero-order valence-electron chi connectivity index (χ0n) is 20.1. The maximum Gasteiger partial charge on any atom is 0.410 e. The highest BCUT2D eigenvalue weighted by molar-refractivity contribution is 6.22. The van der Waals surface area contributed by atoms with Crippen molar-refractivity contribution >= 4 is 23.7 Å². The Morgan fingerprint density at radius 3 is 2.71 bits per heavy atom. The van der Waals surface area contributed by atoms with Crippen molar-refractivity contribution in [3.63, 3.8) is 0 Å². The summed E-state index contributed by atoms with van der Waals surface area (Å²) >= 11 is 0. The van der Waals surface area contributed by atoms with Crippen LogP contribution < -0.4 is 4.90 Å². The molecule has 0 unspecified atom stereocenters. The van der Waals surface area contributed by atoms with Crippen LogP contribution in [0, 0.1) is 36.0 Å². The number of urea groups is 1. The number of hydrogen-bond donors (Lipinski definition) is 0. The van der Waals surface area contributed by atoms with E-state index in [1.807, 2.05) is 6.07 Å². The van der Waals surface area contributed by atoms with Gasteiger partial charge in [0.1, 0.15) is 23.9 Å². The molecule has 0 N–H and O–H groups in total. The van der Waals surface area contributed by atoms with Crippen LogP contribution in [0.25, 0.3) is 0 Å². The van der Waals surface area contributed by atoms with Gasteiger partial charge in [0.2, 0.25) is 0 Å². The summed E-state index contributed by atoms with van der Waals surface area (Å²) in [4.78, 5) is 48.3. The Morgan fingerprint density at radius 1 is 1.26 bits per heavy atom. The third-order valence-corrected chi connectivity index (χ3v) is 8.14. The minimum Gasteiger partial charge on any atom is -0.446 e. The van der Waals surface area contributed by atoms with Gasteiger partial charge < -0.3 is 14.5 Å². The van der Waals surface area contributed by atoms with E-state index in [1.165, 1.54) is 6.20 Å². The first kappa shape index (κ1) is 22.6. The van der Waals surface area contributed by atoms with Gasteiger partial charge >= 0.3 is 12.1 Å². The second-order valence-corrected chi connectivity index (χ2v) is 10.6. The van der Waals surface area contributed by atoms with Gasteiger partial charge in [0.15, 0.2) is 0 Å². The normalized spacial score (nSPS) is 32.4. The van der Waals surface area contributed by atoms with Gasteiger partial charge in [-0.15, -0.1) is 0 Å². The van der Waals surface area contributed by atoms with Crippen LogP contribution in [0.1, 0.15) is 57.7 Å². The summed E-state index contributed by atoms with van der Waals surface area (Å²) in [5.74, 6) is 0.939. The Labute approximate surface area is 199 Å². The summed E-state index contributed by atoms with van der Waals surface area (Å²) < 4.78 is 6.05. The van der Waals surface area contributed by atoms with E-state index in [2.05, 4.69) is 25.8 Å². The molecule has 1 aromatic rings. The zero-order valence-corrected chi connectivity index (χ0v) is 20.1. The third-order valence-electron chi connectivity index (χ3n) is 8.14. The molecule has 0 radical (unpaired) electrons. The van der Waals surface area contributed by atoms with Crippen molar-refractivity contribution in [3.8, 4) is 6.07 Å². The van der Waals surface area contributed by atoms with Crippen molar-refractivity contribution in [3.05, 3.63) is 23.5 Å². The number of aromatic nitrogens is 1. The molecule has 5 rings (SSSR count). The van der Waals surface area contributed by atoms with E-state index < -0.39 is 6.04 Å². The molecule has 34 heavy (non-hydrogen) atoms. The molecule has 0 aromatic carbocycles. The van der Waals surface area contributed by atoms with Crippen LogP contribution >= 0.6 is 0 Å². The molecular formula is C25H31N5O4. The Morgan fingerprint density at radius 2 is 2.03 bits per heavy atom. The van der Waals surface area contributed by atoms with Crippen LogP contribution in [0.3, 0.4) is 0 Å². The van der Waals surface area contributed by atoms with Gasteiger partial charge in [0, 0.05) is 6.54 Å². The summed E-state index contributed by atoms with van der Waals surface area (Å²) in [6.07, 6.45) is 4.56. The Bertz CT molecular complexity index is 1080. The summed E-state index contributed by atoms with van der Waals surface area (Å²) in [5.41, 5.74) is 1.21. The molecule has 1 aliphatic carbocycles. The quantitative estimate of drug-likeness (QED) is 0.633. The number of ether oxygens (including phenoxy) is 1. The minimum atomic E-state index is -0.707. The molecular weight excluding hydrogens is 434 g/mol. The van der Waals surface area contributed by atoms with Crippen molar-refractivity contribution in [2.75, 3.05) is 11.4 Å². The molecule has 4 aliphatic rings. The van der Waals surface area contributed by atoms with Crippen molar-refractivity contribution in [1.29, 1.82) is 5.26 Å². The minimum absolute atomic E-state index is 0.114. The smallest absolute Gasteiger partial charge is 0.410 e. The average molecular weight is 466 g/mol. The fraction of sp³-hybridized carbons (Fsp3) is 0.640. The van der Waals surface area contributed by atoms with Gasteiger partial charge in [0.05, 0.1) is 24.0 Å². The van der Waals surface area contributed by atoms with Crippen molar-refractivity contribution in [2.24, 2.45) is 17.8 Å². The molecule has 6 atom stereocenters. The van der Waals surface area contributed by atoms with Gasteiger partial charge in [-0.1, -0.05) is 27.2 Å². The van der Waals surface area contributed by atoms with E-state index in [0.717, 1.165) is 24.2 Å².